The molecule has 0 spiro atoms. The first-order chi connectivity index (χ1) is 13.1. The molecule has 0 heterocycles. The fraction of sp³-hybridized carbons (Fsp3) is 0.300. The Morgan fingerprint density at radius 1 is 0.926 bits per heavy atom. The van der Waals surface area contributed by atoms with Crippen molar-refractivity contribution in [2.24, 2.45) is 0 Å². The quantitative estimate of drug-likeness (QED) is 0.596. The number of anilines is 1. The zero-order chi connectivity index (χ0) is 19.5. The maximum absolute atomic E-state index is 11.8. The molecule has 0 fully saturated rings. The Hall–Kier alpha value is -2.54. The lowest BCUT2D eigenvalue weighted by molar-refractivity contribution is -0.123. The number of hydrogen-bond donors (Lipinski definition) is 2. The van der Waals surface area contributed by atoms with Crippen molar-refractivity contribution in [2.75, 3.05) is 25.1 Å². The second-order valence-corrected chi connectivity index (χ2v) is 6.68. The molecule has 2 N–H and O–H groups in total. The highest BCUT2D eigenvalue weighted by Crippen LogP contribution is 2.17. The van der Waals surface area contributed by atoms with E-state index < -0.39 is 0 Å². The molecule has 0 saturated heterocycles. The number of benzene rings is 2. The van der Waals surface area contributed by atoms with Gasteiger partial charge in [-0.1, -0.05) is 22.9 Å². The number of carbonyl (C=O) groups excluding carboxylic acids is 2. The standard InChI is InChI=1S/C20H23BrN2O4/c1-2-13-26-17-7-9-18(10-8-17)27-14-20(25)22-12-11-19(24)23-16-5-3-15(21)4-6-16/h3-10H,2,11-14H2,1H3,(H,22,25)(H,23,24). The van der Waals surface area contributed by atoms with Crippen molar-refractivity contribution in [1.82, 2.24) is 5.32 Å². The van der Waals surface area contributed by atoms with Crippen LogP contribution in [0.2, 0.25) is 0 Å². The van der Waals surface area contributed by atoms with Gasteiger partial charge in [0, 0.05) is 23.1 Å². The van der Waals surface area contributed by atoms with Gasteiger partial charge in [0.15, 0.2) is 6.61 Å². The van der Waals surface area contributed by atoms with Crippen molar-refractivity contribution in [3.8, 4) is 11.5 Å². The van der Waals surface area contributed by atoms with Crippen LogP contribution in [-0.4, -0.2) is 31.6 Å². The van der Waals surface area contributed by atoms with Crippen LogP contribution in [0, 0.1) is 0 Å². The van der Waals surface area contributed by atoms with Gasteiger partial charge in [-0.25, -0.2) is 0 Å². The summed E-state index contributed by atoms with van der Waals surface area (Å²) in [5.41, 5.74) is 0.712. The molecule has 2 aromatic rings. The van der Waals surface area contributed by atoms with Crippen LogP contribution in [0.25, 0.3) is 0 Å². The topological polar surface area (TPSA) is 76.7 Å². The molecule has 0 aliphatic carbocycles. The number of nitrogens with one attached hydrogen (secondary N) is 2. The van der Waals surface area contributed by atoms with E-state index in [9.17, 15) is 9.59 Å². The van der Waals surface area contributed by atoms with E-state index in [1.165, 1.54) is 0 Å². The van der Waals surface area contributed by atoms with Crippen molar-refractivity contribution in [3.63, 3.8) is 0 Å². The second kappa shape index (κ2) is 11.2. The molecule has 0 aliphatic heterocycles. The van der Waals surface area contributed by atoms with Crippen molar-refractivity contribution in [3.05, 3.63) is 53.0 Å². The van der Waals surface area contributed by atoms with Crippen LogP contribution < -0.4 is 20.1 Å². The summed E-state index contributed by atoms with van der Waals surface area (Å²) in [4.78, 5) is 23.7. The number of amides is 2. The maximum Gasteiger partial charge on any atom is 0.257 e. The molecule has 0 aromatic heterocycles. The van der Waals surface area contributed by atoms with E-state index in [2.05, 4.69) is 26.6 Å². The lowest BCUT2D eigenvalue weighted by Gasteiger charge is -2.09. The third-order valence-electron chi connectivity index (χ3n) is 3.47. The zero-order valence-electron chi connectivity index (χ0n) is 15.2. The zero-order valence-corrected chi connectivity index (χ0v) is 16.8. The van der Waals surface area contributed by atoms with Crippen molar-refractivity contribution < 1.29 is 19.1 Å². The van der Waals surface area contributed by atoms with Crippen LogP contribution in [0.15, 0.2) is 53.0 Å². The predicted molar refractivity (Wildman–Crippen MR) is 108 cm³/mol. The number of ether oxygens (including phenoxy) is 2. The van der Waals surface area contributed by atoms with Crippen molar-refractivity contribution in [1.29, 1.82) is 0 Å². The summed E-state index contributed by atoms with van der Waals surface area (Å²) in [6.07, 6.45) is 1.13. The highest BCUT2D eigenvalue weighted by Gasteiger charge is 2.06. The van der Waals surface area contributed by atoms with Gasteiger partial charge in [0.1, 0.15) is 11.5 Å². The molecule has 2 aromatic carbocycles. The molecule has 6 nitrogen and oxygen atoms in total. The van der Waals surface area contributed by atoms with Gasteiger partial charge in [0.2, 0.25) is 5.91 Å². The number of rotatable bonds is 10. The van der Waals surface area contributed by atoms with E-state index in [1.807, 2.05) is 19.1 Å². The fourth-order valence-electron chi connectivity index (χ4n) is 2.12. The van der Waals surface area contributed by atoms with Gasteiger partial charge >= 0.3 is 0 Å². The van der Waals surface area contributed by atoms with Crippen LogP contribution in [0.5, 0.6) is 11.5 Å². The van der Waals surface area contributed by atoms with Crippen molar-refractivity contribution in [2.45, 2.75) is 19.8 Å². The lowest BCUT2D eigenvalue weighted by Crippen LogP contribution is -2.31. The van der Waals surface area contributed by atoms with E-state index in [-0.39, 0.29) is 31.4 Å². The average molecular weight is 435 g/mol. The van der Waals surface area contributed by atoms with Crippen LogP contribution in [0.1, 0.15) is 19.8 Å². The molecule has 0 atom stereocenters. The summed E-state index contributed by atoms with van der Waals surface area (Å²) >= 11 is 3.34. The summed E-state index contributed by atoms with van der Waals surface area (Å²) < 4.78 is 11.8. The predicted octanol–water partition coefficient (Wildman–Crippen LogP) is 3.76. The van der Waals surface area contributed by atoms with Gasteiger partial charge in [-0.3, -0.25) is 9.59 Å². The Morgan fingerprint density at radius 3 is 2.19 bits per heavy atom. The first kappa shape index (κ1) is 20.8. The molecular weight excluding hydrogens is 412 g/mol. The molecular formula is C20H23BrN2O4. The van der Waals surface area contributed by atoms with E-state index in [0.717, 1.165) is 16.6 Å². The summed E-state index contributed by atoms with van der Waals surface area (Å²) in [5, 5.41) is 5.43. The van der Waals surface area contributed by atoms with Gasteiger partial charge in [-0.15, -0.1) is 0 Å². The fourth-order valence-corrected chi connectivity index (χ4v) is 2.39. The minimum absolute atomic E-state index is 0.108. The van der Waals surface area contributed by atoms with Gasteiger partial charge in [0.25, 0.3) is 5.91 Å². The Labute approximate surface area is 167 Å². The number of hydrogen-bond acceptors (Lipinski definition) is 4. The molecule has 0 radical (unpaired) electrons. The number of carbonyl (C=O) groups is 2. The molecule has 0 bridgehead atoms. The molecule has 2 amide bonds. The molecule has 0 unspecified atom stereocenters. The summed E-state index contributed by atoms with van der Waals surface area (Å²) in [6.45, 7) is 2.84. The van der Waals surface area contributed by atoms with Crippen molar-refractivity contribution >= 4 is 33.4 Å². The molecule has 144 valence electrons. The highest BCUT2D eigenvalue weighted by molar-refractivity contribution is 9.10. The van der Waals surface area contributed by atoms with E-state index in [4.69, 9.17) is 9.47 Å². The Morgan fingerprint density at radius 2 is 1.56 bits per heavy atom. The van der Waals surface area contributed by atoms with Gasteiger partial charge in [-0.2, -0.15) is 0 Å². The minimum Gasteiger partial charge on any atom is -0.494 e. The summed E-state index contributed by atoms with van der Waals surface area (Å²) in [5.74, 6) is 0.909. The van der Waals surface area contributed by atoms with Crippen LogP contribution in [0.3, 0.4) is 0 Å². The highest BCUT2D eigenvalue weighted by atomic mass is 79.9. The third-order valence-corrected chi connectivity index (χ3v) is 4.00. The van der Waals surface area contributed by atoms with Crippen LogP contribution in [-0.2, 0) is 9.59 Å². The Bertz CT molecular complexity index is 733. The summed E-state index contributed by atoms with van der Waals surface area (Å²) in [7, 11) is 0. The molecule has 7 heteroatoms. The first-order valence-electron chi connectivity index (χ1n) is 8.74. The van der Waals surface area contributed by atoms with Gasteiger partial charge in [0.05, 0.1) is 6.61 Å². The SMILES string of the molecule is CCCOc1ccc(OCC(=O)NCCC(=O)Nc2ccc(Br)cc2)cc1. The maximum atomic E-state index is 11.8. The third kappa shape index (κ3) is 8.13. The van der Waals surface area contributed by atoms with E-state index in [0.29, 0.717) is 18.0 Å². The van der Waals surface area contributed by atoms with Gasteiger partial charge in [-0.05, 0) is 55.0 Å². The Kier molecular flexibility index (Phi) is 8.64. The summed E-state index contributed by atoms with van der Waals surface area (Å²) in [6, 6.07) is 14.4. The van der Waals surface area contributed by atoms with Gasteiger partial charge < -0.3 is 20.1 Å². The molecule has 2 rings (SSSR count). The first-order valence-corrected chi connectivity index (χ1v) is 9.54. The van der Waals surface area contributed by atoms with Crippen LogP contribution >= 0.6 is 15.9 Å². The Balaban J connectivity index is 1.62. The smallest absolute Gasteiger partial charge is 0.257 e. The van der Waals surface area contributed by atoms with E-state index >= 15 is 0 Å². The molecule has 0 saturated carbocycles. The lowest BCUT2D eigenvalue weighted by atomic mass is 10.3. The minimum atomic E-state index is -0.280. The van der Waals surface area contributed by atoms with Crippen LogP contribution in [0.4, 0.5) is 5.69 Å². The second-order valence-electron chi connectivity index (χ2n) is 5.76. The average Bonchev–Trinajstić information content (AvgIpc) is 2.67. The van der Waals surface area contributed by atoms with E-state index in [1.54, 1.807) is 36.4 Å². The largest absolute Gasteiger partial charge is 0.494 e. The monoisotopic (exact) mass is 434 g/mol. The normalized spacial score (nSPS) is 10.1. The number of halogens is 1. The molecule has 27 heavy (non-hydrogen) atoms. The molecule has 0 aliphatic rings.